The Hall–Kier alpha value is -3.81. The molecule has 0 bridgehead atoms. The molecule has 0 radical (unpaired) electrons. The van der Waals surface area contributed by atoms with Crippen LogP contribution >= 0.6 is 0 Å². The average Bonchev–Trinajstić information content (AvgIpc) is 2.83. The zero-order valence-corrected chi connectivity index (χ0v) is 19.1. The van der Waals surface area contributed by atoms with Crippen molar-refractivity contribution >= 4 is 17.5 Å². The zero-order valence-electron chi connectivity index (χ0n) is 19.1. The minimum Gasteiger partial charge on any atom is -0.497 e. The van der Waals surface area contributed by atoms with Crippen LogP contribution in [0.15, 0.2) is 67.1 Å². The van der Waals surface area contributed by atoms with Gasteiger partial charge in [-0.05, 0) is 62.2 Å². The Morgan fingerprint density at radius 2 is 1.76 bits per heavy atom. The molecule has 0 saturated carbocycles. The molecule has 0 aliphatic carbocycles. The van der Waals surface area contributed by atoms with Crippen molar-refractivity contribution in [1.82, 2.24) is 15.3 Å². The fraction of sp³-hybridized carbons (Fsp3) is 0.280. The molecule has 0 unspecified atom stereocenters. The van der Waals surface area contributed by atoms with Gasteiger partial charge in [-0.15, -0.1) is 0 Å². The van der Waals surface area contributed by atoms with Gasteiger partial charge in [-0.2, -0.15) is 0 Å². The standard InChI is InChI=1S/C25H27FN4O3/c1-5-25(2,3)29-23(31)22(17-6-8-18(26)9-7-17)30(19-10-12-20(33-4)13-11-19)24(32)21-16-27-14-15-28-21/h6-16,22H,5H2,1-4H3,(H,29,31)/t22-/m0/s1. The van der Waals surface area contributed by atoms with Crippen LogP contribution in [0.25, 0.3) is 0 Å². The van der Waals surface area contributed by atoms with E-state index in [9.17, 15) is 14.0 Å². The zero-order chi connectivity index (χ0) is 24.0. The second kappa shape index (κ2) is 10.2. The summed E-state index contributed by atoms with van der Waals surface area (Å²) in [4.78, 5) is 36.7. The first-order valence-electron chi connectivity index (χ1n) is 10.6. The number of rotatable bonds is 8. The van der Waals surface area contributed by atoms with E-state index in [4.69, 9.17) is 4.74 Å². The summed E-state index contributed by atoms with van der Waals surface area (Å²) in [6.45, 7) is 5.75. The lowest BCUT2D eigenvalue weighted by atomic mass is 9.98. The lowest BCUT2D eigenvalue weighted by Gasteiger charge is -2.34. The lowest BCUT2D eigenvalue weighted by Crippen LogP contribution is -2.50. The number of methoxy groups -OCH3 is 1. The molecule has 33 heavy (non-hydrogen) atoms. The summed E-state index contributed by atoms with van der Waals surface area (Å²) in [6, 6.07) is 11.2. The minimum absolute atomic E-state index is 0.0722. The highest BCUT2D eigenvalue weighted by Crippen LogP contribution is 2.31. The first kappa shape index (κ1) is 23.8. The summed E-state index contributed by atoms with van der Waals surface area (Å²) in [5, 5.41) is 3.01. The summed E-state index contributed by atoms with van der Waals surface area (Å²) in [5.41, 5.74) is 0.457. The molecule has 0 saturated heterocycles. The van der Waals surface area contributed by atoms with Crippen molar-refractivity contribution in [3.8, 4) is 5.75 Å². The number of anilines is 1. The number of ether oxygens (including phenoxy) is 1. The molecule has 0 aliphatic rings. The third-order valence-electron chi connectivity index (χ3n) is 5.39. The predicted octanol–water partition coefficient (Wildman–Crippen LogP) is 4.32. The van der Waals surface area contributed by atoms with E-state index in [1.165, 1.54) is 47.8 Å². The largest absolute Gasteiger partial charge is 0.497 e. The monoisotopic (exact) mass is 450 g/mol. The molecule has 1 heterocycles. The Morgan fingerprint density at radius 3 is 2.30 bits per heavy atom. The Bertz CT molecular complexity index is 1090. The number of benzene rings is 2. The van der Waals surface area contributed by atoms with Gasteiger partial charge in [0.05, 0.1) is 13.3 Å². The minimum atomic E-state index is -1.08. The molecule has 0 aliphatic heterocycles. The van der Waals surface area contributed by atoms with Gasteiger partial charge in [0, 0.05) is 23.6 Å². The number of carbonyl (C=O) groups is 2. The summed E-state index contributed by atoms with van der Waals surface area (Å²) < 4.78 is 18.9. The van der Waals surface area contributed by atoms with Crippen LogP contribution < -0.4 is 15.0 Å². The summed E-state index contributed by atoms with van der Waals surface area (Å²) in [5.74, 6) is -0.767. The van der Waals surface area contributed by atoms with Crippen LogP contribution in [0.4, 0.5) is 10.1 Å². The van der Waals surface area contributed by atoms with Gasteiger partial charge >= 0.3 is 0 Å². The second-order valence-corrected chi connectivity index (χ2v) is 8.14. The van der Waals surface area contributed by atoms with E-state index >= 15 is 0 Å². The highest BCUT2D eigenvalue weighted by molar-refractivity contribution is 6.09. The molecular formula is C25H27FN4O3. The molecule has 7 nitrogen and oxygen atoms in total. The molecule has 1 aromatic heterocycles. The molecule has 2 aromatic carbocycles. The van der Waals surface area contributed by atoms with E-state index in [2.05, 4.69) is 15.3 Å². The lowest BCUT2D eigenvalue weighted by molar-refractivity contribution is -0.124. The molecular weight excluding hydrogens is 423 g/mol. The van der Waals surface area contributed by atoms with Crippen LogP contribution in [0.2, 0.25) is 0 Å². The Kier molecular flexibility index (Phi) is 7.37. The number of nitrogens with zero attached hydrogens (tertiary/aromatic N) is 3. The van der Waals surface area contributed by atoms with Crippen molar-refractivity contribution in [3.05, 3.63) is 84.2 Å². The van der Waals surface area contributed by atoms with Gasteiger partial charge in [0.2, 0.25) is 5.91 Å². The van der Waals surface area contributed by atoms with Crippen molar-refractivity contribution in [2.45, 2.75) is 38.8 Å². The maximum atomic E-state index is 13.7. The van der Waals surface area contributed by atoms with Crippen LogP contribution in [0.5, 0.6) is 5.75 Å². The van der Waals surface area contributed by atoms with Gasteiger partial charge in [-0.3, -0.25) is 19.5 Å². The maximum Gasteiger partial charge on any atom is 0.279 e. The Morgan fingerprint density at radius 1 is 1.09 bits per heavy atom. The summed E-state index contributed by atoms with van der Waals surface area (Å²) >= 11 is 0. The quantitative estimate of drug-likeness (QED) is 0.553. The van der Waals surface area contributed by atoms with E-state index in [-0.39, 0.29) is 5.69 Å². The number of amides is 2. The van der Waals surface area contributed by atoms with E-state index < -0.39 is 29.2 Å². The number of carbonyl (C=O) groups excluding carboxylic acids is 2. The van der Waals surface area contributed by atoms with E-state index in [0.29, 0.717) is 23.4 Å². The highest BCUT2D eigenvalue weighted by atomic mass is 19.1. The first-order valence-corrected chi connectivity index (χ1v) is 10.6. The molecule has 0 fully saturated rings. The molecule has 3 rings (SSSR count). The molecule has 3 aromatic rings. The van der Waals surface area contributed by atoms with E-state index in [1.54, 1.807) is 31.4 Å². The fourth-order valence-electron chi connectivity index (χ4n) is 3.21. The van der Waals surface area contributed by atoms with Gasteiger partial charge < -0.3 is 10.1 Å². The predicted molar refractivity (Wildman–Crippen MR) is 123 cm³/mol. The third-order valence-corrected chi connectivity index (χ3v) is 5.39. The first-order chi connectivity index (χ1) is 15.8. The Labute approximate surface area is 192 Å². The van der Waals surface area contributed by atoms with Gasteiger partial charge in [0.15, 0.2) is 0 Å². The SMILES string of the molecule is CCC(C)(C)NC(=O)[C@H](c1ccc(F)cc1)N(C(=O)c1cnccn1)c1ccc(OC)cc1. The van der Waals surface area contributed by atoms with Gasteiger partial charge in [0.25, 0.3) is 5.91 Å². The van der Waals surface area contributed by atoms with Crippen LogP contribution in [-0.4, -0.2) is 34.4 Å². The number of hydrogen-bond donors (Lipinski definition) is 1. The smallest absolute Gasteiger partial charge is 0.279 e. The number of hydrogen-bond acceptors (Lipinski definition) is 5. The van der Waals surface area contributed by atoms with Crippen LogP contribution in [0.1, 0.15) is 49.3 Å². The topological polar surface area (TPSA) is 84.4 Å². The highest BCUT2D eigenvalue weighted by Gasteiger charge is 2.36. The fourth-order valence-corrected chi connectivity index (χ4v) is 3.21. The maximum absolute atomic E-state index is 13.7. The van der Waals surface area contributed by atoms with E-state index in [0.717, 1.165) is 0 Å². The van der Waals surface area contributed by atoms with Crippen LogP contribution in [-0.2, 0) is 4.79 Å². The summed E-state index contributed by atoms with van der Waals surface area (Å²) in [6.07, 6.45) is 4.89. The molecule has 1 N–H and O–H groups in total. The molecule has 172 valence electrons. The van der Waals surface area contributed by atoms with Gasteiger partial charge in [0.1, 0.15) is 23.3 Å². The average molecular weight is 451 g/mol. The van der Waals surface area contributed by atoms with Crippen molar-refractivity contribution < 1.29 is 18.7 Å². The van der Waals surface area contributed by atoms with Crippen LogP contribution in [0.3, 0.4) is 0 Å². The van der Waals surface area contributed by atoms with Crippen LogP contribution in [0, 0.1) is 5.82 Å². The second-order valence-electron chi connectivity index (χ2n) is 8.14. The molecule has 0 spiro atoms. The number of halogens is 1. The van der Waals surface area contributed by atoms with Crippen molar-refractivity contribution in [3.63, 3.8) is 0 Å². The normalized spacial score (nSPS) is 12.0. The number of aromatic nitrogens is 2. The van der Waals surface area contributed by atoms with Crippen molar-refractivity contribution in [2.75, 3.05) is 12.0 Å². The van der Waals surface area contributed by atoms with Crippen molar-refractivity contribution in [1.29, 1.82) is 0 Å². The van der Waals surface area contributed by atoms with Gasteiger partial charge in [-0.1, -0.05) is 19.1 Å². The summed E-state index contributed by atoms with van der Waals surface area (Å²) in [7, 11) is 1.54. The van der Waals surface area contributed by atoms with E-state index in [1.807, 2.05) is 20.8 Å². The Balaban J connectivity index is 2.17. The molecule has 8 heteroatoms. The van der Waals surface area contributed by atoms with Gasteiger partial charge in [-0.25, -0.2) is 9.37 Å². The number of nitrogens with one attached hydrogen (secondary N) is 1. The van der Waals surface area contributed by atoms with Crippen molar-refractivity contribution in [2.24, 2.45) is 0 Å². The molecule has 1 atom stereocenters. The molecule has 2 amide bonds. The third kappa shape index (κ3) is 5.71.